The number of anilines is 1. The van der Waals surface area contributed by atoms with Gasteiger partial charge in [0.05, 0.1) is 11.7 Å². The summed E-state index contributed by atoms with van der Waals surface area (Å²) in [5.74, 6) is -1.05. The van der Waals surface area contributed by atoms with E-state index in [0.29, 0.717) is 5.69 Å². The van der Waals surface area contributed by atoms with Crippen molar-refractivity contribution in [2.75, 3.05) is 18.9 Å². The highest BCUT2D eigenvalue weighted by atomic mass is 16.4. The molecule has 18 heavy (non-hydrogen) atoms. The van der Waals surface area contributed by atoms with Crippen LogP contribution in [0.15, 0.2) is 24.3 Å². The van der Waals surface area contributed by atoms with Crippen molar-refractivity contribution in [1.82, 2.24) is 4.90 Å². The average molecular weight is 252 g/mol. The van der Waals surface area contributed by atoms with E-state index >= 15 is 0 Å². The summed E-state index contributed by atoms with van der Waals surface area (Å²) >= 11 is 0. The zero-order valence-electron chi connectivity index (χ0n) is 10.3. The van der Waals surface area contributed by atoms with E-state index in [1.807, 2.05) is 0 Å². The summed E-state index contributed by atoms with van der Waals surface area (Å²) < 4.78 is 0. The summed E-state index contributed by atoms with van der Waals surface area (Å²) in [6, 6.07) is 5.56. The SMILES string of the molecule is CC(O)CN(C)C(=O)Nc1cccc(C(=O)O)c1. The Morgan fingerprint density at radius 3 is 2.67 bits per heavy atom. The molecule has 6 nitrogen and oxygen atoms in total. The van der Waals surface area contributed by atoms with E-state index < -0.39 is 18.1 Å². The van der Waals surface area contributed by atoms with Crippen LogP contribution < -0.4 is 5.32 Å². The number of aliphatic hydroxyl groups excluding tert-OH is 1. The number of likely N-dealkylation sites (N-methyl/N-ethyl adjacent to an activating group) is 1. The van der Waals surface area contributed by atoms with Crippen LogP contribution in [0.3, 0.4) is 0 Å². The number of rotatable bonds is 4. The number of amides is 2. The number of nitrogens with one attached hydrogen (secondary N) is 1. The molecular weight excluding hydrogens is 236 g/mol. The molecule has 6 heteroatoms. The first kappa shape index (κ1) is 14.0. The minimum absolute atomic E-state index is 0.103. The monoisotopic (exact) mass is 252 g/mol. The van der Waals surface area contributed by atoms with Crippen LogP contribution in [0.2, 0.25) is 0 Å². The van der Waals surface area contributed by atoms with Gasteiger partial charge in [-0.2, -0.15) is 0 Å². The summed E-state index contributed by atoms with van der Waals surface area (Å²) in [6.07, 6.45) is -0.619. The van der Waals surface area contributed by atoms with Crippen LogP contribution in [0.1, 0.15) is 17.3 Å². The number of nitrogens with zero attached hydrogens (tertiary/aromatic N) is 1. The first-order chi connectivity index (χ1) is 8.40. The highest BCUT2D eigenvalue weighted by Crippen LogP contribution is 2.11. The second-order valence-electron chi connectivity index (χ2n) is 4.05. The van der Waals surface area contributed by atoms with Crippen LogP contribution in [0, 0.1) is 0 Å². The van der Waals surface area contributed by atoms with E-state index in [-0.39, 0.29) is 12.1 Å². The van der Waals surface area contributed by atoms with Crippen molar-refractivity contribution < 1.29 is 19.8 Å². The molecule has 0 spiro atoms. The van der Waals surface area contributed by atoms with Gasteiger partial charge in [-0.1, -0.05) is 6.07 Å². The smallest absolute Gasteiger partial charge is 0.335 e. The highest BCUT2D eigenvalue weighted by molar-refractivity contribution is 5.93. The van der Waals surface area contributed by atoms with Crippen LogP contribution in [0.4, 0.5) is 10.5 Å². The first-order valence-electron chi connectivity index (χ1n) is 5.43. The zero-order valence-corrected chi connectivity index (χ0v) is 10.3. The van der Waals surface area contributed by atoms with Crippen molar-refractivity contribution in [3.05, 3.63) is 29.8 Å². The van der Waals surface area contributed by atoms with Crippen LogP contribution in [-0.4, -0.2) is 46.8 Å². The number of aromatic carboxylic acids is 1. The predicted molar refractivity (Wildman–Crippen MR) is 66.7 cm³/mol. The Kier molecular flexibility index (Phi) is 4.67. The van der Waals surface area contributed by atoms with Crippen LogP contribution >= 0.6 is 0 Å². The minimum atomic E-state index is -1.05. The van der Waals surface area contributed by atoms with E-state index in [2.05, 4.69) is 5.32 Å². The largest absolute Gasteiger partial charge is 0.478 e. The molecular formula is C12H16N2O4. The summed E-state index contributed by atoms with van der Waals surface area (Å²) in [6.45, 7) is 1.78. The number of aliphatic hydroxyl groups is 1. The summed E-state index contributed by atoms with van der Waals surface area (Å²) in [7, 11) is 1.54. The molecule has 0 radical (unpaired) electrons. The standard InChI is InChI=1S/C12H16N2O4/c1-8(15)7-14(2)12(18)13-10-5-3-4-9(6-10)11(16)17/h3-6,8,15H,7H2,1-2H3,(H,13,18)(H,16,17). The van der Waals surface area contributed by atoms with Gasteiger partial charge in [-0.25, -0.2) is 9.59 Å². The lowest BCUT2D eigenvalue weighted by Crippen LogP contribution is -2.36. The topological polar surface area (TPSA) is 89.9 Å². The number of urea groups is 1. The van der Waals surface area contributed by atoms with Gasteiger partial charge in [-0.05, 0) is 25.1 Å². The van der Waals surface area contributed by atoms with Crippen molar-refractivity contribution in [3.63, 3.8) is 0 Å². The normalized spacial score (nSPS) is 11.7. The summed E-state index contributed by atoms with van der Waals surface area (Å²) in [5.41, 5.74) is 0.503. The number of carboxylic acid groups (broad SMARTS) is 1. The van der Waals surface area contributed by atoms with E-state index in [1.165, 1.54) is 17.0 Å². The quantitative estimate of drug-likeness (QED) is 0.751. The van der Waals surface area contributed by atoms with Crippen LogP contribution in [0.25, 0.3) is 0 Å². The third kappa shape index (κ3) is 4.06. The molecule has 0 aliphatic rings. The second-order valence-corrected chi connectivity index (χ2v) is 4.05. The maximum Gasteiger partial charge on any atom is 0.335 e. The zero-order chi connectivity index (χ0) is 13.7. The van der Waals surface area contributed by atoms with Gasteiger partial charge in [-0.15, -0.1) is 0 Å². The Hall–Kier alpha value is -2.08. The third-order valence-corrected chi connectivity index (χ3v) is 2.25. The van der Waals surface area contributed by atoms with Crippen molar-refractivity contribution in [2.45, 2.75) is 13.0 Å². The van der Waals surface area contributed by atoms with Crippen molar-refractivity contribution >= 4 is 17.7 Å². The van der Waals surface area contributed by atoms with Gasteiger partial charge >= 0.3 is 12.0 Å². The number of hydrogen-bond donors (Lipinski definition) is 3. The molecule has 0 aromatic heterocycles. The van der Waals surface area contributed by atoms with E-state index in [1.54, 1.807) is 26.1 Å². The number of carboxylic acids is 1. The number of hydrogen-bond acceptors (Lipinski definition) is 3. The number of carbonyl (C=O) groups excluding carboxylic acids is 1. The molecule has 0 heterocycles. The van der Waals surface area contributed by atoms with Gasteiger partial charge in [0.25, 0.3) is 0 Å². The van der Waals surface area contributed by atoms with Crippen molar-refractivity contribution in [2.24, 2.45) is 0 Å². The average Bonchev–Trinajstić information content (AvgIpc) is 2.28. The van der Waals surface area contributed by atoms with Gasteiger partial charge in [0.1, 0.15) is 0 Å². The molecule has 1 atom stereocenters. The molecule has 0 fully saturated rings. The fourth-order valence-electron chi connectivity index (χ4n) is 1.43. The Labute approximate surface area is 105 Å². The Morgan fingerprint density at radius 1 is 1.44 bits per heavy atom. The summed E-state index contributed by atoms with van der Waals surface area (Å²) in [5, 5.41) is 20.5. The summed E-state index contributed by atoms with van der Waals surface area (Å²) in [4.78, 5) is 23.8. The lowest BCUT2D eigenvalue weighted by Gasteiger charge is -2.19. The van der Waals surface area contributed by atoms with Gasteiger partial charge in [0.2, 0.25) is 0 Å². The molecule has 1 unspecified atom stereocenters. The molecule has 3 N–H and O–H groups in total. The van der Waals surface area contributed by atoms with Gasteiger partial charge in [0.15, 0.2) is 0 Å². The molecule has 0 bridgehead atoms. The first-order valence-corrected chi connectivity index (χ1v) is 5.43. The molecule has 98 valence electrons. The van der Waals surface area contributed by atoms with E-state index in [4.69, 9.17) is 10.2 Å². The second kappa shape index (κ2) is 6.02. The van der Waals surface area contributed by atoms with E-state index in [9.17, 15) is 9.59 Å². The van der Waals surface area contributed by atoms with E-state index in [0.717, 1.165) is 0 Å². The van der Waals surface area contributed by atoms with Gasteiger partial charge in [-0.3, -0.25) is 0 Å². The molecule has 1 aromatic carbocycles. The minimum Gasteiger partial charge on any atom is -0.478 e. The van der Waals surface area contributed by atoms with Crippen molar-refractivity contribution in [3.8, 4) is 0 Å². The number of carbonyl (C=O) groups is 2. The molecule has 0 aliphatic carbocycles. The lowest BCUT2D eigenvalue weighted by atomic mass is 10.2. The van der Waals surface area contributed by atoms with Crippen LogP contribution in [-0.2, 0) is 0 Å². The number of benzene rings is 1. The highest BCUT2D eigenvalue weighted by Gasteiger charge is 2.11. The molecule has 1 aromatic rings. The molecule has 0 saturated heterocycles. The fraction of sp³-hybridized carbons (Fsp3) is 0.333. The molecule has 1 rings (SSSR count). The Balaban J connectivity index is 2.70. The Bertz CT molecular complexity index is 445. The maximum atomic E-state index is 11.7. The predicted octanol–water partition coefficient (Wildman–Crippen LogP) is 1.23. The van der Waals surface area contributed by atoms with Crippen molar-refractivity contribution in [1.29, 1.82) is 0 Å². The van der Waals surface area contributed by atoms with Crippen LogP contribution in [0.5, 0.6) is 0 Å². The third-order valence-electron chi connectivity index (χ3n) is 2.25. The molecule has 2 amide bonds. The molecule has 0 aliphatic heterocycles. The Morgan fingerprint density at radius 2 is 2.11 bits per heavy atom. The lowest BCUT2D eigenvalue weighted by molar-refractivity contribution is 0.0697. The van der Waals surface area contributed by atoms with Gasteiger partial charge in [0, 0.05) is 19.3 Å². The maximum absolute atomic E-state index is 11.7. The fourth-order valence-corrected chi connectivity index (χ4v) is 1.43. The molecule has 0 saturated carbocycles. The van der Waals surface area contributed by atoms with Gasteiger partial charge < -0.3 is 20.4 Å².